The molecule has 0 saturated heterocycles. The van der Waals surface area contributed by atoms with E-state index in [1.165, 1.54) is 11.8 Å². The Morgan fingerprint density at radius 3 is 2.40 bits per heavy atom. The third-order valence-electron chi connectivity index (χ3n) is 3.78. The summed E-state index contributed by atoms with van der Waals surface area (Å²) in [5.74, 6) is 0. The maximum Gasteiger partial charge on any atom is 0.208 e. The van der Waals surface area contributed by atoms with Crippen molar-refractivity contribution in [2.24, 2.45) is 0 Å². The van der Waals surface area contributed by atoms with Crippen LogP contribution in [-0.4, -0.2) is 26.2 Å². The van der Waals surface area contributed by atoms with E-state index in [-0.39, 0.29) is 0 Å². The second-order valence-electron chi connectivity index (χ2n) is 5.90. The second kappa shape index (κ2) is 7.91. The molecule has 0 unspecified atom stereocenters. The number of hydrogen-bond acceptors (Lipinski definition) is 4. The molecule has 0 aliphatic carbocycles. The molecule has 0 aliphatic heterocycles. The van der Waals surface area contributed by atoms with Gasteiger partial charge in [-0.1, -0.05) is 54.6 Å². The number of aromatic nitrogens is 1. The smallest absolute Gasteiger partial charge is 0.208 e. The lowest BCUT2D eigenvalue weighted by Crippen LogP contribution is -2.24. The highest BCUT2D eigenvalue weighted by Crippen LogP contribution is 2.24. The normalized spacial score (nSPS) is 11.6. The monoisotopic (exact) mass is 372 g/mol. The van der Waals surface area contributed by atoms with E-state index < -0.39 is 10.0 Å². The summed E-state index contributed by atoms with van der Waals surface area (Å²) >= 11 is 1.67. The SMILES string of the molecule is CS(=O)(=O)NCCc1ccc(-c2csc(Cc3ccccc3)n2)cc1. The molecule has 2 aromatic carbocycles. The van der Waals surface area contributed by atoms with Gasteiger partial charge in [0.25, 0.3) is 0 Å². The van der Waals surface area contributed by atoms with E-state index in [2.05, 4.69) is 22.2 Å². The first-order valence-corrected chi connectivity index (χ1v) is 10.8. The molecule has 3 aromatic rings. The summed E-state index contributed by atoms with van der Waals surface area (Å²) in [6.45, 7) is 0.413. The fraction of sp³-hybridized carbons (Fsp3) is 0.211. The van der Waals surface area contributed by atoms with Crippen molar-refractivity contribution in [2.45, 2.75) is 12.8 Å². The van der Waals surface area contributed by atoms with Gasteiger partial charge >= 0.3 is 0 Å². The predicted octanol–water partition coefficient (Wildman–Crippen LogP) is 3.49. The number of thiazole rings is 1. The van der Waals surface area contributed by atoms with Crippen molar-refractivity contribution in [3.05, 3.63) is 76.1 Å². The molecule has 1 heterocycles. The van der Waals surface area contributed by atoms with E-state index in [1.807, 2.05) is 42.5 Å². The van der Waals surface area contributed by atoms with E-state index >= 15 is 0 Å². The minimum atomic E-state index is -3.13. The van der Waals surface area contributed by atoms with Crippen LogP contribution < -0.4 is 4.72 Å². The van der Waals surface area contributed by atoms with Crippen LogP contribution in [0.2, 0.25) is 0 Å². The lowest BCUT2D eigenvalue weighted by atomic mass is 10.1. The van der Waals surface area contributed by atoms with Crippen LogP contribution in [0.1, 0.15) is 16.1 Å². The first-order chi connectivity index (χ1) is 12.0. The van der Waals surface area contributed by atoms with E-state index in [0.29, 0.717) is 13.0 Å². The van der Waals surface area contributed by atoms with Crippen molar-refractivity contribution in [1.82, 2.24) is 9.71 Å². The van der Waals surface area contributed by atoms with E-state index in [0.717, 1.165) is 28.2 Å². The van der Waals surface area contributed by atoms with E-state index in [4.69, 9.17) is 4.98 Å². The van der Waals surface area contributed by atoms with Crippen molar-refractivity contribution < 1.29 is 8.42 Å². The van der Waals surface area contributed by atoms with Gasteiger partial charge in [-0.15, -0.1) is 11.3 Å². The number of rotatable bonds is 7. The van der Waals surface area contributed by atoms with Gasteiger partial charge in [0.15, 0.2) is 0 Å². The maximum absolute atomic E-state index is 11.1. The van der Waals surface area contributed by atoms with Gasteiger partial charge in [-0.3, -0.25) is 0 Å². The zero-order chi connectivity index (χ0) is 17.7. The minimum absolute atomic E-state index is 0.413. The number of nitrogens with one attached hydrogen (secondary N) is 1. The van der Waals surface area contributed by atoms with Crippen LogP contribution in [0.3, 0.4) is 0 Å². The van der Waals surface area contributed by atoms with Crippen molar-refractivity contribution in [3.63, 3.8) is 0 Å². The average Bonchev–Trinajstić information content (AvgIpc) is 3.04. The number of hydrogen-bond donors (Lipinski definition) is 1. The average molecular weight is 373 g/mol. The van der Waals surface area contributed by atoms with Gasteiger partial charge in [-0.25, -0.2) is 18.1 Å². The lowest BCUT2D eigenvalue weighted by molar-refractivity contribution is 0.588. The zero-order valence-corrected chi connectivity index (χ0v) is 15.6. The highest BCUT2D eigenvalue weighted by molar-refractivity contribution is 7.88. The van der Waals surface area contributed by atoms with Crippen molar-refractivity contribution >= 4 is 21.4 Å². The van der Waals surface area contributed by atoms with Crippen LogP contribution in [0.5, 0.6) is 0 Å². The summed E-state index contributed by atoms with van der Waals surface area (Å²) in [6.07, 6.45) is 2.69. The third-order valence-corrected chi connectivity index (χ3v) is 5.35. The second-order valence-corrected chi connectivity index (χ2v) is 8.68. The number of benzene rings is 2. The summed E-state index contributed by atoms with van der Waals surface area (Å²) in [6, 6.07) is 18.5. The molecule has 3 rings (SSSR count). The summed E-state index contributed by atoms with van der Waals surface area (Å²) in [5, 5.41) is 3.18. The molecular formula is C19H20N2O2S2. The van der Waals surface area contributed by atoms with Gasteiger partial charge in [0.05, 0.1) is 17.0 Å². The summed E-state index contributed by atoms with van der Waals surface area (Å²) in [7, 11) is -3.13. The Labute approximate surface area is 152 Å². The molecule has 1 N–H and O–H groups in total. The first-order valence-electron chi connectivity index (χ1n) is 8.02. The molecule has 130 valence electrons. The van der Waals surface area contributed by atoms with Gasteiger partial charge in [0.2, 0.25) is 10.0 Å². The van der Waals surface area contributed by atoms with Crippen molar-refractivity contribution in [3.8, 4) is 11.3 Å². The largest absolute Gasteiger partial charge is 0.241 e. The molecular weight excluding hydrogens is 352 g/mol. The fourth-order valence-electron chi connectivity index (χ4n) is 2.52. The van der Waals surface area contributed by atoms with Gasteiger partial charge in [0.1, 0.15) is 0 Å². The molecule has 0 radical (unpaired) electrons. The van der Waals surface area contributed by atoms with Crippen LogP contribution in [0.4, 0.5) is 0 Å². The quantitative estimate of drug-likeness (QED) is 0.691. The summed E-state index contributed by atoms with van der Waals surface area (Å²) < 4.78 is 24.7. The molecule has 6 heteroatoms. The molecule has 0 fully saturated rings. The van der Waals surface area contributed by atoms with Gasteiger partial charge in [-0.05, 0) is 17.5 Å². The topological polar surface area (TPSA) is 59.1 Å². The van der Waals surface area contributed by atoms with Crippen molar-refractivity contribution in [2.75, 3.05) is 12.8 Å². The highest BCUT2D eigenvalue weighted by Gasteiger charge is 2.06. The molecule has 0 atom stereocenters. The molecule has 0 aliphatic rings. The Morgan fingerprint density at radius 2 is 1.72 bits per heavy atom. The van der Waals surface area contributed by atoms with E-state index in [9.17, 15) is 8.42 Å². The Hall–Kier alpha value is -2.02. The Bertz CT molecular complexity index is 918. The first kappa shape index (κ1) is 17.8. The Kier molecular flexibility index (Phi) is 5.63. The highest BCUT2D eigenvalue weighted by atomic mass is 32.2. The molecule has 0 amide bonds. The van der Waals surface area contributed by atoms with Crippen LogP contribution in [-0.2, 0) is 22.9 Å². The summed E-state index contributed by atoms with van der Waals surface area (Å²) in [4.78, 5) is 4.73. The van der Waals surface area contributed by atoms with Crippen LogP contribution in [0, 0.1) is 0 Å². The van der Waals surface area contributed by atoms with Crippen LogP contribution >= 0.6 is 11.3 Å². The predicted molar refractivity (Wildman–Crippen MR) is 103 cm³/mol. The lowest BCUT2D eigenvalue weighted by Gasteiger charge is -2.04. The number of nitrogens with zero attached hydrogens (tertiary/aromatic N) is 1. The van der Waals surface area contributed by atoms with Gasteiger partial charge in [0, 0.05) is 23.9 Å². The summed E-state index contributed by atoms with van der Waals surface area (Å²) in [5.41, 5.74) is 4.42. The molecule has 0 saturated carbocycles. The number of sulfonamides is 1. The molecule has 25 heavy (non-hydrogen) atoms. The van der Waals surface area contributed by atoms with Crippen LogP contribution in [0.25, 0.3) is 11.3 Å². The third kappa shape index (κ3) is 5.49. The molecule has 1 aromatic heterocycles. The molecule has 0 spiro atoms. The molecule has 4 nitrogen and oxygen atoms in total. The van der Waals surface area contributed by atoms with Crippen LogP contribution in [0.15, 0.2) is 60.0 Å². The van der Waals surface area contributed by atoms with Crippen molar-refractivity contribution in [1.29, 1.82) is 0 Å². The fourth-order valence-corrected chi connectivity index (χ4v) is 3.83. The maximum atomic E-state index is 11.1. The Morgan fingerprint density at radius 1 is 1.00 bits per heavy atom. The zero-order valence-electron chi connectivity index (χ0n) is 14.0. The van der Waals surface area contributed by atoms with Gasteiger partial charge in [-0.2, -0.15) is 0 Å². The molecule has 0 bridgehead atoms. The standard InChI is InChI=1S/C19H20N2O2S2/c1-25(22,23)20-12-11-15-7-9-17(10-8-15)18-14-24-19(21-18)13-16-5-3-2-4-6-16/h2-10,14,20H,11-13H2,1H3. The Balaban J connectivity index is 1.62. The van der Waals surface area contributed by atoms with E-state index in [1.54, 1.807) is 11.3 Å². The van der Waals surface area contributed by atoms with Gasteiger partial charge < -0.3 is 0 Å². The minimum Gasteiger partial charge on any atom is -0.241 e.